The summed E-state index contributed by atoms with van der Waals surface area (Å²) in [6, 6.07) is 0. The molecule has 5 fully saturated rings. The SMILES string of the molecule is C=C([C@H](O)C[C@@H](C)[C@@H]1C[C@H]1C)[C@H]1CCC2C3CCC4CC(=O)CC[C@]4(C)C3C[C@@H](O)[C@@]21C. The van der Waals surface area contributed by atoms with Crippen LogP contribution in [0.4, 0.5) is 0 Å². The van der Waals surface area contributed by atoms with E-state index in [4.69, 9.17) is 0 Å². The zero-order valence-corrected chi connectivity index (χ0v) is 20.9. The molecule has 0 bridgehead atoms. The minimum atomic E-state index is -0.444. The summed E-state index contributed by atoms with van der Waals surface area (Å²) >= 11 is 0. The fraction of sp³-hybridized carbons (Fsp3) is 0.897. The second-order valence-electron chi connectivity index (χ2n) is 13.3. The molecular weight excluding hydrogens is 396 g/mol. The predicted octanol–water partition coefficient (Wildman–Crippen LogP) is 5.78. The number of hydrogen-bond acceptors (Lipinski definition) is 3. The molecule has 0 aliphatic heterocycles. The molecule has 2 N–H and O–H groups in total. The van der Waals surface area contributed by atoms with Crippen LogP contribution in [-0.4, -0.2) is 28.2 Å². The van der Waals surface area contributed by atoms with Crippen molar-refractivity contribution in [2.75, 3.05) is 0 Å². The van der Waals surface area contributed by atoms with Crippen LogP contribution < -0.4 is 0 Å². The molecule has 0 aromatic rings. The number of aliphatic hydroxyl groups excluding tert-OH is 2. The van der Waals surface area contributed by atoms with E-state index < -0.39 is 6.10 Å². The Balaban J connectivity index is 1.34. The maximum absolute atomic E-state index is 12.2. The highest BCUT2D eigenvalue weighted by Gasteiger charge is 2.63. The zero-order chi connectivity index (χ0) is 23.0. The number of hydrogen-bond donors (Lipinski definition) is 2. The van der Waals surface area contributed by atoms with Crippen molar-refractivity contribution in [3.05, 3.63) is 12.2 Å². The molecule has 3 nitrogen and oxygen atoms in total. The Kier molecular flexibility index (Phi) is 5.73. The van der Waals surface area contributed by atoms with Crippen LogP contribution in [0.1, 0.15) is 91.9 Å². The highest BCUT2D eigenvalue weighted by molar-refractivity contribution is 5.79. The van der Waals surface area contributed by atoms with Gasteiger partial charge in [0.25, 0.3) is 0 Å². The molecule has 0 spiro atoms. The Morgan fingerprint density at radius 3 is 2.56 bits per heavy atom. The molecule has 5 aliphatic carbocycles. The first-order valence-corrected chi connectivity index (χ1v) is 13.6. The van der Waals surface area contributed by atoms with Gasteiger partial charge in [-0.05, 0) is 110 Å². The second kappa shape index (κ2) is 7.94. The summed E-state index contributed by atoms with van der Waals surface area (Å²) in [5.74, 6) is 5.02. The van der Waals surface area contributed by atoms with Gasteiger partial charge >= 0.3 is 0 Å². The van der Waals surface area contributed by atoms with Gasteiger partial charge in [-0.25, -0.2) is 0 Å². The van der Waals surface area contributed by atoms with Crippen LogP contribution in [0.5, 0.6) is 0 Å². The number of ketones is 1. The minimum Gasteiger partial charge on any atom is -0.393 e. The van der Waals surface area contributed by atoms with Crippen molar-refractivity contribution >= 4 is 5.78 Å². The zero-order valence-electron chi connectivity index (χ0n) is 20.9. The lowest BCUT2D eigenvalue weighted by atomic mass is 9.44. The number of carbonyl (C=O) groups is 1. The normalized spacial score (nSPS) is 51.9. The number of Topliss-reactive ketones (excluding diaryl/α,β-unsaturated/α-hetero) is 1. The molecule has 5 aliphatic rings. The van der Waals surface area contributed by atoms with E-state index in [9.17, 15) is 15.0 Å². The van der Waals surface area contributed by atoms with Crippen LogP contribution in [0.25, 0.3) is 0 Å². The number of carbonyl (C=O) groups excluding carboxylic acids is 1. The molecule has 0 aromatic heterocycles. The van der Waals surface area contributed by atoms with Gasteiger partial charge in [0.2, 0.25) is 0 Å². The average Bonchev–Trinajstić information content (AvgIpc) is 3.37. The fourth-order valence-corrected chi connectivity index (χ4v) is 9.67. The van der Waals surface area contributed by atoms with E-state index in [1.54, 1.807) is 0 Å². The van der Waals surface area contributed by atoms with Crippen LogP contribution in [-0.2, 0) is 4.79 Å². The monoisotopic (exact) mass is 442 g/mol. The van der Waals surface area contributed by atoms with Gasteiger partial charge in [-0.1, -0.05) is 34.3 Å². The number of aliphatic hydroxyl groups is 2. The third-order valence-electron chi connectivity index (χ3n) is 12.0. The van der Waals surface area contributed by atoms with Crippen molar-refractivity contribution in [2.45, 2.75) is 104 Å². The van der Waals surface area contributed by atoms with Gasteiger partial charge in [0.15, 0.2) is 0 Å². The molecule has 5 saturated carbocycles. The fourth-order valence-electron chi connectivity index (χ4n) is 9.67. The molecule has 0 saturated heterocycles. The van der Waals surface area contributed by atoms with Gasteiger partial charge in [0, 0.05) is 18.3 Å². The van der Waals surface area contributed by atoms with Crippen LogP contribution in [0, 0.1) is 58.2 Å². The first-order chi connectivity index (χ1) is 15.1. The Hall–Kier alpha value is -0.670. The Bertz CT molecular complexity index is 774. The Morgan fingerprint density at radius 1 is 1.16 bits per heavy atom. The summed E-state index contributed by atoms with van der Waals surface area (Å²) in [5.41, 5.74) is 1.04. The van der Waals surface area contributed by atoms with Crippen molar-refractivity contribution in [1.29, 1.82) is 0 Å². The van der Waals surface area contributed by atoms with E-state index >= 15 is 0 Å². The molecular formula is C29H46O3. The summed E-state index contributed by atoms with van der Waals surface area (Å²) in [4.78, 5) is 12.2. The lowest BCUT2D eigenvalue weighted by Crippen LogP contribution is -2.58. The maximum atomic E-state index is 12.2. The smallest absolute Gasteiger partial charge is 0.133 e. The summed E-state index contributed by atoms with van der Waals surface area (Å²) < 4.78 is 0. The molecule has 5 rings (SSSR count). The molecule has 180 valence electrons. The third kappa shape index (κ3) is 3.39. The van der Waals surface area contributed by atoms with Crippen LogP contribution >= 0.6 is 0 Å². The topological polar surface area (TPSA) is 57.5 Å². The quantitative estimate of drug-likeness (QED) is 0.530. The van der Waals surface area contributed by atoms with E-state index in [-0.39, 0.29) is 22.9 Å². The average molecular weight is 443 g/mol. The van der Waals surface area contributed by atoms with E-state index in [0.717, 1.165) is 62.4 Å². The Labute approximate surface area is 195 Å². The molecule has 0 radical (unpaired) electrons. The summed E-state index contributed by atoms with van der Waals surface area (Å²) in [6.45, 7) is 13.8. The molecule has 0 aromatic carbocycles. The van der Waals surface area contributed by atoms with Crippen LogP contribution in [0.15, 0.2) is 12.2 Å². The molecule has 3 heteroatoms. The molecule has 0 heterocycles. The number of fused-ring (bicyclic) bond motifs is 5. The van der Waals surface area contributed by atoms with Crippen molar-refractivity contribution in [2.24, 2.45) is 58.2 Å². The minimum absolute atomic E-state index is 0.164. The Morgan fingerprint density at radius 2 is 1.88 bits per heavy atom. The van der Waals surface area contributed by atoms with Gasteiger partial charge in [0.1, 0.15) is 5.78 Å². The molecule has 32 heavy (non-hydrogen) atoms. The molecule has 12 atom stereocenters. The van der Waals surface area contributed by atoms with Gasteiger partial charge in [0.05, 0.1) is 12.2 Å². The van der Waals surface area contributed by atoms with Crippen molar-refractivity contribution < 1.29 is 15.0 Å². The van der Waals surface area contributed by atoms with Crippen LogP contribution in [0.3, 0.4) is 0 Å². The first kappa shape index (κ1) is 23.1. The summed E-state index contributed by atoms with van der Waals surface area (Å²) in [5, 5.41) is 22.8. The lowest BCUT2D eigenvalue weighted by molar-refractivity contribution is -0.165. The van der Waals surface area contributed by atoms with Crippen molar-refractivity contribution in [1.82, 2.24) is 0 Å². The highest BCUT2D eigenvalue weighted by atomic mass is 16.3. The number of rotatable bonds is 5. The van der Waals surface area contributed by atoms with E-state index in [0.29, 0.717) is 35.4 Å². The van der Waals surface area contributed by atoms with Gasteiger partial charge in [-0.2, -0.15) is 0 Å². The van der Waals surface area contributed by atoms with Gasteiger partial charge < -0.3 is 10.2 Å². The summed E-state index contributed by atoms with van der Waals surface area (Å²) in [7, 11) is 0. The van der Waals surface area contributed by atoms with Crippen molar-refractivity contribution in [3.63, 3.8) is 0 Å². The third-order valence-corrected chi connectivity index (χ3v) is 12.0. The first-order valence-electron chi connectivity index (χ1n) is 13.6. The van der Waals surface area contributed by atoms with Crippen molar-refractivity contribution in [3.8, 4) is 0 Å². The molecule has 4 unspecified atom stereocenters. The van der Waals surface area contributed by atoms with Gasteiger partial charge in [-0.3, -0.25) is 4.79 Å². The standard InChI is InChI=1S/C29H46O3/c1-16-12-22(16)17(2)13-26(31)18(3)23-8-9-24-21-7-6-19-14-20(30)10-11-28(19,4)25(21)15-27(32)29(23,24)5/h16-17,19,21-27,31-32H,3,6-15H2,1-2,4-5H3/t16-,17-,19?,21?,22-,23-,24?,25?,26-,27-,28+,29-/m1/s1. The summed E-state index contributed by atoms with van der Waals surface area (Å²) in [6.07, 6.45) is 9.33. The molecule has 0 amide bonds. The highest BCUT2D eigenvalue weighted by Crippen LogP contribution is 2.68. The lowest BCUT2D eigenvalue weighted by Gasteiger charge is -2.61. The largest absolute Gasteiger partial charge is 0.393 e. The second-order valence-corrected chi connectivity index (χ2v) is 13.3. The maximum Gasteiger partial charge on any atom is 0.133 e. The van der Waals surface area contributed by atoms with Crippen LogP contribution in [0.2, 0.25) is 0 Å². The van der Waals surface area contributed by atoms with Gasteiger partial charge in [-0.15, -0.1) is 0 Å². The van der Waals surface area contributed by atoms with E-state index in [1.807, 2.05) is 0 Å². The van der Waals surface area contributed by atoms with E-state index in [1.165, 1.54) is 19.3 Å². The predicted molar refractivity (Wildman–Crippen MR) is 128 cm³/mol. The van der Waals surface area contributed by atoms with E-state index in [2.05, 4.69) is 34.3 Å².